The number of amides is 1. The first-order chi connectivity index (χ1) is 7.06. The minimum atomic E-state index is -0.151. The van der Waals surface area contributed by atoms with Crippen molar-refractivity contribution in [3.63, 3.8) is 0 Å². The van der Waals surface area contributed by atoms with Gasteiger partial charge in [0, 0.05) is 16.5 Å². The van der Waals surface area contributed by atoms with E-state index in [-0.39, 0.29) is 12.5 Å². The number of nitrogens with zero attached hydrogens (tertiary/aromatic N) is 1. The van der Waals surface area contributed by atoms with E-state index in [2.05, 4.69) is 21.9 Å². The van der Waals surface area contributed by atoms with Gasteiger partial charge in [-0.1, -0.05) is 17.5 Å². The number of rotatable bonds is 2. The molecule has 0 atom stereocenters. The van der Waals surface area contributed by atoms with Crippen LogP contribution in [0.5, 0.6) is 0 Å². The summed E-state index contributed by atoms with van der Waals surface area (Å²) in [5, 5.41) is 0.524. The molecule has 0 unspecified atom stereocenters. The minimum absolute atomic E-state index is 0.151. The van der Waals surface area contributed by atoms with Gasteiger partial charge >= 0.3 is 0 Å². The molecule has 1 rings (SSSR count). The molecule has 4 heteroatoms. The van der Waals surface area contributed by atoms with Gasteiger partial charge < -0.3 is 4.90 Å². The summed E-state index contributed by atoms with van der Waals surface area (Å²) in [5.41, 5.74) is 0.514. The minimum Gasteiger partial charge on any atom is -0.331 e. The van der Waals surface area contributed by atoms with Crippen LogP contribution in [0.4, 0.5) is 0 Å². The Morgan fingerprint density at radius 2 is 2.33 bits per heavy atom. The van der Waals surface area contributed by atoms with Crippen LogP contribution >= 0.6 is 27.5 Å². The van der Waals surface area contributed by atoms with Crippen molar-refractivity contribution in [1.29, 1.82) is 0 Å². The highest BCUT2D eigenvalue weighted by Crippen LogP contribution is 2.22. The topological polar surface area (TPSA) is 20.3 Å². The second-order valence-electron chi connectivity index (χ2n) is 2.99. The normalized spacial score (nSPS) is 9.47. The third kappa shape index (κ3) is 2.98. The van der Waals surface area contributed by atoms with Gasteiger partial charge in [-0.2, -0.15) is 0 Å². The van der Waals surface area contributed by atoms with Crippen molar-refractivity contribution < 1.29 is 4.79 Å². The highest BCUT2D eigenvalue weighted by Gasteiger charge is 2.14. The van der Waals surface area contributed by atoms with E-state index in [4.69, 9.17) is 18.0 Å². The van der Waals surface area contributed by atoms with Gasteiger partial charge in [-0.15, -0.1) is 6.42 Å². The molecule has 2 nitrogen and oxygen atoms in total. The SMILES string of the molecule is C#CCN(C)C(=O)c1cc(Cl)ccc1Br. The molecular formula is C11H9BrClNO. The van der Waals surface area contributed by atoms with Crippen LogP contribution in [0.3, 0.4) is 0 Å². The Morgan fingerprint density at radius 1 is 1.67 bits per heavy atom. The first kappa shape index (κ1) is 12.1. The fourth-order valence-corrected chi connectivity index (χ4v) is 1.66. The molecule has 0 radical (unpaired) electrons. The Kier molecular flexibility index (Phi) is 4.19. The van der Waals surface area contributed by atoms with E-state index in [1.807, 2.05) is 0 Å². The zero-order chi connectivity index (χ0) is 11.4. The smallest absolute Gasteiger partial charge is 0.255 e. The summed E-state index contributed by atoms with van der Waals surface area (Å²) in [5.74, 6) is 2.26. The first-order valence-corrected chi connectivity index (χ1v) is 5.37. The number of carbonyl (C=O) groups is 1. The van der Waals surface area contributed by atoms with Gasteiger partial charge in [0.15, 0.2) is 0 Å². The van der Waals surface area contributed by atoms with E-state index in [1.165, 1.54) is 4.90 Å². The number of carbonyl (C=O) groups excluding carboxylic acids is 1. The highest BCUT2D eigenvalue weighted by molar-refractivity contribution is 9.10. The molecule has 0 bridgehead atoms. The van der Waals surface area contributed by atoms with Gasteiger partial charge in [-0.25, -0.2) is 0 Å². The Balaban J connectivity index is 3.01. The van der Waals surface area contributed by atoms with Gasteiger partial charge in [0.05, 0.1) is 12.1 Å². The Hall–Kier alpha value is -0.980. The molecule has 0 heterocycles. The van der Waals surface area contributed by atoms with Crippen molar-refractivity contribution in [3.05, 3.63) is 33.3 Å². The van der Waals surface area contributed by atoms with Crippen molar-refractivity contribution in [2.24, 2.45) is 0 Å². The summed E-state index contributed by atoms with van der Waals surface area (Å²) in [6.07, 6.45) is 5.13. The van der Waals surface area contributed by atoms with Gasteiger partial charge in [0.25, 0.3) is 5.91 Å². The lowest BCUT2D eigenvalue weighted by Crippen LogP contribution is -2.27. The quantitative estimate of drug-likeness (QED) is 0.766. The van der Waals surface area contributed by atoms with Gasteiger partial charge in [-0.05, 0) is 34.1 Å². The van der Waals surface area contributed by atoms with Crippen LogP contribution in [-0.2, 0) is 0 Å². The van der Waals surface area contributed by atoms with Crippen molar-refractivity contribution in [1.82, 2.24) is 4.90 Å². The molecular weight excluding hydrogens is 277 g/mol. The molecule has 0 aliphatic carbocycles. The molecule has 0 aromatic heterocycles. The summed E-state index contributed by atoms with van der Waals surface area (Å²) in [7, 11) is 1.65. The van der Waals surface area contributed by atoms with Crippen LogP contribution in [0.2, 0.25) is 5.02 Å². The zero-order valence-electron chi connectivity index (χ0n) is 8.13. The molecule has 78 valence electrons. The average Bonchev–Trinajstić information content (AvgIpc) is 2.21. The van der Waals surface area contributed by atoms with Crippen LogP contribution in [0, 0.1) is 12.3 Å². The zero-order valence-corrected chi connectivity index (χ0v) is 10.5. The lowest BCUT2D eigenvalue weighted by Gasteiger charge is -2.14. The maximum atomic E-state index is 11.8. The average molecular weight is 287 g/mol. The Labute approximate surface area is 102 Å². The maximum absolute atomic E-state index is 11.8. The number of halogens is 2. The molecule has 0 aliphatic heterocycles. The predicted octanol–water partition coefficient (Wildman–Crippen LogP) is 2.81. The first-order valence-electron chi connectivity index (χ1n) is 4.20. The summed E-state index contributed by atoms with van der Waals surface area (Å²) >= 11 is 9.10. The van der Waals surface area contributed by atoms with Crippen molar-refractivity contribution in [2.45, 2.75) is 0 Å². The molecule has 0 spiro atoms. The molecule has 1 aromatic carbocycles. The summed E-state index contributed by atoms with van der Waals surface area (Å²) < 4.78 is 0.709. The van der Waals surface area contributed by atoms with Gasteiger partial charge in [0.2, 0.25) is 0 Å². The second-order valence-corrected chi connectivity index (χ2v) is 4.28. The third-order valence-electron chi connectivity index (χ3n) is 1.83. The molecule has 0 fully saturated rings. The van der Waals surface area contributed by atoms with E-state index < -0.39 is 0 Å². The van der Waals surface area contributed by atoms with E-state index in [9.17, 15) is 4.79 Å². The number of hydrogen-bond donors (Lipinski definition) is 0. The molecule has 1 aromatic rings. The van der Waals surface area contributed by atoms with Crippen LogP contribution in [0.25, 0.3) is 0 Å². The standard InChI is InChI=1S/C11H9BrClNO/c1-3-6-14(2)11(15)9-7-8(13)4-5-10(9)12/h1,4-5,7H,6H2,2H3. The number of benzene rings is 1. The molecule has 0 saturated carbocycles. The molecule has 15 heavy (non-hydrogen) atoms. The summed E-state index contributed by atoms with van der Waals surface area (Å²) in [4.78, 5) is 13.3. The third-order valence-corrected chi connectivity index (χ3v) is 2.76. The van der Waals surface area contributed by atoms with Gasteiger partial charge in [-0.3, -0.25) is 4.79 Å². The highest BCUT2D eigenvalue weighted by atomic mass is 79.9. The van der Waals surface area contributed by atoms with Crippen LogP contribution in [0.15, 0.2) is 22.7 Å². The largest absolute Gasteiger partial charge is 0.331 e. The number of terminal acetylenes is 1. The maximum Gasteiger partial charge on any atom is 0.255 e. The van der Waals surface area contributed by atoms with Crippen molar-refractivity contribution in [3.8, 4) is 12.3 Å². The molecule has 0 aliphatic rings. The summed E-state index contributed by atoms with van der Waals surface area (Å²) in [6.45, 7) is 0.276. The van der Waals surface area contributed by atoms with Crippen molar-refractivity contribution >= 4 is 33.4 Å². The molecule has 1 amide bonds. The number of hydrogen-bond acceptors (Lipinski definition) is 1. The fourth-order valence-electron chi connectivity index (χ4n) is 1.08. The molecule has 0 N–H and O–H groups in total. The lowest BCUT2D eigenvalue weighted by molar-refractivity contribution is 0.0811. The summed E-state index contributed by atoms with van der Waals surface area (Å²) in [6, 6.07) is 5.06. The fraction of sp³-hybridized carbons (Fsp3) is 0.182. The Bertz CT molecular complexity index is 425. The van der Waals surface area contributed by atoms with E-state index in [1.54, 1.807) is 25.2 Å². The van der Waals surface area contributed by atoms with Crippen molar-refractivity contribution in [2.75, 3.05) is 13.6 Å². The van der Waals surface area contributed by atoms with E-state index in [0.717, 1.165) is 0 Å². The monoisotopic (exact) mass is 285 g/mol. The Morgan fingerprint density at radius 3 is 2.93 bits per heavy atom. The van der Waals surface area contributed by atoms with E-state index in [0.29, 0.717) is 15.1 Å². The van der Waals surface area contributed by atoms with Crippen LogP contribution in [-0.4, -0.2) is 24.4 Å². The van der Waals surface area contributed by atoms with Crippen LogP contribution < -0.4 is 0 Å². The van der Waals surface area contributed by atoms with E-state index >= 15 is 0 Å². The second kappa shape index (κ2) is 5.20. The van der Waals surface area contributed by atoms with Gasteiger partial charge in [0.1, 0.15) is 0 Å². The molecule has 0 saturated heterocycles. The van der Waals surface area contributed by atoms with Crippen LogP contribution in [0.1, 0.15) is 10.4 Å². The lowest BCUT2D eigenvalue weighted by atomic mass is 10.2. The predicted molar refractivity (Wildman–Crippen MR) is 64.9 cm³/mol.